The van der Waals surface area contributed by atoms with Crippen LogP contribution < -0.4 is 14.8 Å². The van der Waals surface area contributed by atoms with Crippen molar-refractivity contribution in [1.29, 1.82) is 0 Å². The van der Waals surface area contributed by atoms with E-state index in [1.165, 1.54) is 25.5 Å². The van der Waals surface area contributed by atoms with Gasteiger partial charge in [-0.1, -0.05) is 25.0 Å². The van der Waals surface area contributed by atoms with Crippen LogP contribution in [-0.4, -0.2) is 33.5 Å². The van der Waals surface area contributed by atoms with E-state index < -0.39 is 6.09 Å². The zero-order valence-corrected chi connectivity index (χ0v) is 17.1. The van der Waals surface area contributed by atoms with E-state index in [9.17, 15) is 4.79 Å². The Morgan fingerprint density at radius 3 is 2.45 bits per heavy atom. The molecule has 2 aliphatic rings. The molecule has 1 saturated carbocycles. The summed E-state index contributed by atoms with van der Waals surface area (Å²) in [6.07, 6.45) is 3.80. The zero-order valence-electron chi connectivity index (χ0n) is 17.1. The summed E-state index contributed by atoms with van der Waals surface area (Å²) in [5.41, 5.74) is 3.83. The number of ether oxygens (including phenoxy) is 4. The molecule has 4 rings (SSSR count). The highest BCUT2D eigenvalue weighted by Crippen LogP contribution is 2.52. The Labute approximate surface area is 171 Å². The lowest BCUT2D eigenvalue weighted by Gasteiger charge is -2.42. The second kappa shape index (κ2) is 8.33. The van der Waals surface area contributed by atoms with Crippen LogP contribution in [0.5, 0.6) is 11.5 Å². The van der Waals surface area contributed by atoms with Gasteiger partial charge in [0.15, 0.2) is 0 Å². The fraction of sp³-hybridized carbons (Fsp3) is 0.435. The van der Waals surface area contributed by atoms with Crippen LogP contribution >= 0.6 is 0 Å². The first kappa shape index (κ1) is 19.6. The highest BCUT2D eigenvalue weighted by Gasteiger charge is 2.41. The molecule has 2 aromatic carbocycles. The molecule has 0 saturated heterocycles. The molecule has 0 radical (unpaired) electrons. The lowest BCUT2D eigenvalue weighted by Crippen LogP contribution is -2.34. The molecule has 29 heavy (non-hydrogen) atoms. The second-order valence-electron chi connectivity index (χ2n) is 7.49. The molecule has 1 amide bonds. The number of hydrogen-bond donors (Lipinski definition) is 1. The molecule has 1 N–H and O–H groups in total. The van der Waals surface area contributed by atoms with Gasteiger partial charge in [-0.25, -0.2) is 4.79 Å². The van der Waals surface area contributed by atoms with Crippen molar-refractivity contribution < 1.29 is 23.7 Å². The van der Waals surface area contributed by atoms with Gasteiger partial charge in [-0.15, -0.1) is 0 Å². The number of carbonyl (C=O) groups is 1. The smallest absolute Gasteiger partial charge is 0.411 e. The van der Waals surface area contributed by atoms with Gasteiger partial charge in [0.05, 0.1) is 27.4 Å². The number of anilines is 1. The molecule has 0 aromatic heterocycles. The number of carbonyl (C=O) groups excluding carboxylic acids is 1. The molecule has 0 bridgehead atoms. The molecule has 1 fully saturated rings. The summed E-state index contributed by atoms with van der Waals surface area (Å²) in [6, 6.07) is 11.6. The first-order valence-corrected chi connectivity index (χ1v) is 10.0. The molecule has 6 nitrogen and oxygen atoms in total. The van der Waals surface area contributed by atoms with Crippen LogP contribution in [0, 0.1) is 0 Å². The molecule has 6 heteroatoms. The van der Waals surface area contributed by atoms with Crippen molar-refractivity contribution in [1.82, 2.24) is 0 Å². The third-order valence-corrected chi connectivity index (χ3v) is 5.91. The SMILES string of the molecule is COC(=O)Nc1cccc(C2OC3CCCCC3c3c(OC)ccc(OC)c32)c1. The maximum absolute atomic E-state index is 11.6. The highest BCUT2D eigenvalue weighted by molar-refractivity contribution is 5.84. The van der Waals surface area contributed by atoms with Crippen molar-refractivity contribution in [3.8, 4) is 11.5 Å². The van der Waals surface area contributed by atoms with Crippen LogP contribution in [0.25, 0.3) is 0 Å². The summed E-state index contributed by atoms with van der Waals surface area (Å²) >= 11 is 0. The molecule has 2 aromatic rings. The fourth-order valence-electron chi connectivity index (χ4n) is 4.63. The van der Waals surface area contributed by atoms with Crippen LogP contribution in [0.15, 0.2) is 36.4 Å². The summed E-state index contributed by atoms with van der Waals surface area (Å²) in [5, 5.41) is 2.73. The monoisotopic (exact) mass is 397 g/mol. The third-order valence-electron chi connectivity index (χ3n) is 5.91. The number of hydrogen-bond acceptors (Lipinski definition) is 5. The van der Waals surface area contributed by atoms with E-state index in [-0.39, 0.29) is 12.2 Å². The topological polar surface area (TPSA) is 66.0 Å². The van der Waals surface area contributed by atoms with Gasteiger partial charge < -0.3 is 18.9 Å². The van der Waals surface area contributed by atoms with E-state index in [1.54, 1.807) is 14.2 Å². The van der Waals surface area contributed by atoms with Crippen LogP contribution in [0.1, 0.15) is 54.4 Å². The van der Waals surface area contributed by atoms with Gasteiger partial charge >= 0.3 is 6.09 Å². The molecular weight excluding hydrogens is 370 g/mol. The first-order chi connectivity index (χ1) is 14.2. The summed E-state index contributed by atoms with van der Waals surface area (Å²) < 4.78 is 22.8. The molecular formula is C23H27NO5. The van der Waals surface area contributed by atoms with Gasteiger partial charge in [-0.3, -0.25) is 5.32 Å². The number of amides is 1. The van der Waals surface area contributed by atoms with E-state index in [1.807, 2.05) is 36.4 Å². The standard InChI is InChI=1S/C23H27NO5/c1-26-18-11-12-19(27-2)21-20(18)16-9-4-5-10-17(16)29-22(21)14-7-6-8-15(13-14)24-23(25)28-3/h6-8,11-13,16-17,22H,4-5,9-10H2,1-3H3,(H,24,25). The maximum Gasteiger partial charge on any atom is 0.411 e. The van der Waals surface area contributed by atoms with Crippen molar-refractivity contribution in [3.05, 3.63) is 53.1 Å². The summed E-state index contributed by atoms with van der Waals surface area (Å²) in [4.78, 5) is 11.6. The van der Waals surface area contributed by atoms with Crippen LogP contribution in [-0.2, 0) is 9.47 Å². The van der Waals surface area contributed by atoms with Gasteiger partial charge in [-0.2, -0.15) is 0 Å². The Kier molecular flexibility index (Phi) is 5.62. The minimum Gasteiger partial charge on any atom is -0.496 e. The normalized spacial score (nSPS) is 22.8. The quantitative estimate of drug-likeness (QED) is 0.784. The van der Waals surface area contributed by atoms with Gasteiger partial charge in [0.25, 0.3) is 0 Å². The molecule has 1 aliphatic carbocycles. The van der Waals surface area contributed by atoms with Gasteiger partial charge in [-0.05, 0) is 42.7 Å². The molecule has 1 heterocycles. The van der Waals surface area contributed by atoms with E-state index in [2.05, 4.69) is 5.32 Å². The summed E-state index contributed by atoms with van der Waals surface area (Å²) in [6.45, 7) is 0. The molecule has 3 unspecified atom stereocenters. The molecule has 0 spiro atoms. The Morgan fingerprint density at radius 2 is 1.72 bits per heavy atom. The summed E-state index contributed by atoms with van der Waals surface area (Å²) in [5.74, 6) is 1.98. The lowest BCUT2D eigenvalue weighted by atomic mass is 9.75. The van der Waals surface area contributed by atoms with Crippen molar-refractivity contribution in [2.45, 2.75) is 43.8 Å². The Morgan fingerprint density at radius 1 is 1.00 bits per heavy atom. The minimum atomic E-state index is -0.501. The number of rotatable bonds is 4. The van der Waals surface area contributed by atoms with Crippen LogP contribution in [0.3, 0.4) is 0 Å². The predicted molar refractivity (Wildman–Crippen MR) is 110 cm³/mol. The van der Waals surface area contributed by atoms with Crippen molar-refractivity contribution in [3.63, 3.8) is 0 Å². The number of fused-ring (bicyclic) bond motifs is 3. The van der Waals surface area contributed by atoms with E-state index >= 15 is 0 Å². The van der Waals surface area contributed by atoms with Crippen LogP contribution in [0.2, 0.25) is 0 Å². The van der Waals surface area contributed by atoms with E-state index in [0.29, 0.717) is 11.6 Å². The van der Waals surface area contributed by atoms with Gasteiger partial charge in [0.2, 0.25) is 0 Å². The van der Waals surface area contributed by atoms with E-state index in [0.717, 1.165) is 35.5 Å². The third kappa shape index (κ3) is 3.65. The van der Waals surface area contributed by atoms with Crippen molar-refractivity contribution >= 4 is 11.8 Å². The number of benzene rings is 2. The Balaban J connectivity index is 1.83. The van der Waals surface area contributed by atoms with Crippen molar-refractivity contribution in [2.24, 2.45) is 0 Å². The number of methoxy groups -OCH3 is 3. The van der Waals surface area contributed by atoms with E-state index in [4.69, 9.17) is 18.9 Å². The second-order valence-corrected chi connectivity index (χ2v) is 7.49. The fourth-order valence-corrected chi connectivity index (χ4v) is 4.63. The number of nitrogens with one attached hydrogen (secondary N) is 1. The Bertz CT molecular complexity index is 897. The average Bonchev–Trinajstić information content (AvgIpc) is 2.77. The minimum absolute atomic E-state index is 0.138. The molecule has 1 aliphatic heterocycles. The first-order valence-electron chi connectivity index (χ1n) is 10.0. The molecule has 154 valence electrons. The highest BCUT2D eigenvalue weighted by atomic mass is 16.5. The van der Waals surface area contributed by atoms with Crippen LogP contribution in [0.4, 0.5) is 10.5 Å². The summed E-state index contributed by atoms with van der Waals surface area (Å²) in [7, 11) is 4.74. The largest absolute Gasteiger partial charge is 0.496 e. The average molecular weight is 397 g/mol. The van der Waals surface area contributed by atoms with Crippen molar-refractivity contribution in [2.75, 3.05) is 26.6 Å². The molecule has 3 atom stereocenters. The maximum atomic E-state index is 11.6. The Hall–Kier alpha value is -2.73. The van der Waals surface area contributed by atoms with Gasteiger partial charge in [0, 0.05) is 22.7 Å². The zero-order chi connectivity index (χ0) is 20.4. The predicted octanol–water partition coefficient (Wildman–Crippen LogP) is 5.03. The lowest BCUT2D eigenvalue weighted by molar-refractivity contribution is -0.0406. The van der Waals surface area contributed by atoms with Gasteiger partial charge in [0.1, 0.15) is 17.6 Å².